The topological polar surface area (TPSA) is 63.6 Å². The fourth-order valence-electron chi connectivity index (χ4n) is 1.41. The van der Waals surface area contributed by atoms with Gasteiger partial charge in [-0.1, -0.05) is 0 Å². The smallest absolute Gasteiger partial charge is 0.265 e. The second kappa shape index (κ2) is 4.21. The Bertz CT molecular complexity index is 558. The molecule has 0 radical (unpaired) electrons. The number of nitrogens with one attached hydrogen (secondary N) is 1. The summed E-state index contributed by atoms with van der Waals surface area (Å²) < 4.78 is 2.37. The minimum atomic E-state index is -0.193. The van der Waals surface area contributed by atoms with Crippen molar-refractivity contribution in [2.75, 3.05) is 0 Å². The first kappa shape index (κ1) is 11.1. The number of nitrogens with zero attached hydrogens (tertiary/aromatic N) is 3. The molecule has 16 heavy (non-hydrogen) atoms. The molecule has 0 unspecified atom stereocenters. The molecule has 84 valence electrons. The van der Waals surface area contributed by atoms with Crippen LogP contribution in [-0.2, 0) is 0 Å². The van der Waals surface area contributed by atoms with Gasteiger partial charge in [-0.15, -0.1) is 0 Å². The molecule has 0 aliphatic rings. The highest BCUT2D eigenvalue weighted by Gasteiger charge is 2.10. The van der Waals surface area contributed by atoms with Crippen molar-refractivity contribution < 1.29 is 0 Å². The normalized spacial score (nSPS) is 11.0. The van der Waals surface area contributed by atoms with Gasteiger partial charge >= 0.3 is 0 Å². The van der Waals surface area contributed by atoms with Crippen LogP contribution in [0.4, 0.5) is 0 Å². The Labute approximate surface area is 101 Å². The summed E-state index contributed by atoms with van der Waals surface area (Å²) in [6.45, 7) is 4.09. The number of imidazole rings is 1. The van der Waals surface area contributed by atoms with Crippen molar-refractivity contribution in [2.24, 2.45) is 0 Å². The van der Waals surface area contributed by atoms with Crippen molar-refractivity contribution in [1.29, 1.82) is 0 Å². The van der Waals surface area contributed by atoms with E-state index in [0.717, 1.165) is 5.69 Å². The van der Waals surface area contributed by atoms with Crippen molar-refractivity contribution in [1.82, 2.24) is 19.5 Å². The summed E-state index contributed by atoms with van der Waals surface area (Å²) in [6.07, 6.45) is 4.90. The Kier molecular flexibility index (Phi) is 2.91. The van der Waals surface area contributed by atoms with E-state index in [1.807, 2.05) is 18.4 Å². The van der Waals surface area contributed by atoms with Crippen molar-refractivity contribution in [3.8, 4) is 11.5 Å². The SMILES string of the molecule is CC(C)n1cncc1-c1ncc(Br)c(=O)[nH]1. The summed E-state index contributed by atoms with van der Waals surface area (Å²) in [4.78, 5) is 22.4. The number of rotatable bonds is 2. The zero-order valence-corrected chi connectivity index (χ0v) is 10.5. The second-order valence-electron chi connectivity index (χ2n) is 3.69. The lowest BCUT2D eigenvalue weighted by Crippen LogP contribution is -2.11. The third-order valence-corrected chi connectivity index (χ3v) is 2.79. The molecular weight excluding hydrogens is 272 g/mol. The molecule has 0 atom stereocenters. The lowest BCUT2D eigenvalue weighted by Gasteiger charge is -2.10. The summed E-state index contributed by atoms with van der Waals surface area (Å²) in [6, 6.07) is 0.270. The predicted octanol–water partition coefficient (Wildman–Crippen LogP) is 1.98. The Balaban J connectivity index is 2.55. The third kappa shape index (κ3) is 1.92. The van der Waals surface area contributed by atoms with Crippen LogP contribution in [0, 0.1) is 0 Å². The molecule has 2 heterocycles. The molecule has 0 aliphatic carbocycles. The third-order valence-electron chi connectivity index (χ3n) is 2.22. The predicted molar refractivity (Wildman–Crippen MR) is 64.2 cm³/mol. The zero-order chi connectivity index (χ0) is 11.7. The van der Waals surface area contributed by atoms with E-state index in [9.17, 15) is 4.79 Å². The van der Waals surface area contributed by atoms with Gasteiger partial charge in [-0.05, 0) is 29.8 Å². The maximum Gasteiger partial charge on any atom is 0.265 e. The van der Waals surface area contributed by atoms with Gasteiger partial charge < -0.3 is 9.55 Å². The van der Waals surface area contributed by atoms with E-state index in [4.69, 9.17) is 0 Å². The minimum Gasteiger partial charge on any atom is -0.326 e. The number of hydrogen-bond donors (Lipinski definition) is 1. The number of aromatic nitrogens is 4. The number of H-pyrrole nitrogens is 1. The fraction of sp³-hybridized carbons (Fsp3) is 0.300. The molecule has 0 amide bonds. The van der Waals surface area contributed by atoms with E-state index < -0.39 is 0 Å². The monoisotopic (exact) mass is 282 g/mol. The molecule has 0 aromatic carbocycles. The van der Waals surface area contributed by atoms with E-state index in [2.05, 4.69) is 30.9 Å². The summed E-state index contributed by atoms with van der Waals surface area (Å²) in [7, 11) is 0. The van der Waals surface area contributed by atoms with Gasteiger partial charge in [-0.3, -0.25) is 4.79 Å². The van der Waals surface area contributed by atoms with Gasteiger partial charge in [-0.25, -0.2) is 9.97 Å². The number of aromatic amines is 1. The minimum absolute atomic E-state index is 0.193. The van der Waals surface area contributed by atoms with E-state index in [1.165, 1.54) is 6.20 Å². The molecule has 0 bridgehead atoms. The summed E-state index contributed by atoms with van der Waals surface area (Å²) in [5.74, 6) is 0.527. The van der Waals surface area contributed by atoms with Gasteiger partial charge in [0.15, 0.2) is 5.82 Å². The zero-order valence-electron chi connectivity index (χ0n) is 8.94. The molecular formula is C10H11BrN4O. The summed E-state index contributed by atoms with van der Waals surface area (Å²) >= 11 is 3.11. The van der Waals surface area contributed by atoms with E-state index in [1.54, 1.807) is 12.5 Å². The highest BCUT2D eigenvalue weighted by Crippen LogP contribution is 2.17. The van der Waals surface area contributed by atoms with Gasteiger partial charge in [-0.2, -0.15) is 0 Å². The van der Waals surface area contributed by atoms with Crippen molar-refractivity contribution in [2.45, 2.75) is 19.9 Å². The average molecular weight is 283 g/mol. The van der Waals surface area contributed by atoms with Crippen LogP contribution in [0.2, 0.25) is 0 Å². The van der Waals surface area contributed by atoms with Crippen LogP contribution in [0.1, 0.15) is 19.9 Å². The molecule has 2 aromatic heterocycles. The van der Waals surface area contributed by atoms with Crippen LogP contribution in [-0.4, -0.2) is 19.5 Å². The lowest BCUT2D eigenvalue weighted by atomic mass is 10.3. The Hall–Kier alpha value is -1.43. The van der Waals surface area contributed by atoms with E-state index >= 15 is 0 Å². The maximum atomic E-state index is 11.4. The molecule has 0 spiro atoms. The average Bonchev–Trinajstić information content (AvgIpc) is 2.71. The van der Waals surface area contributed by atoms with Gasteiger partial charge in [0.25, 0.3) is 5.56 Å². The molecule has 5 nitrogen and oxygen atoms in total. The Morgan fingerprint density at radius 2 is 2.19 bits per heavy atom. The van der Waals surface area contributed by atoms with E-state index in [0.29, 0.717) is 10.3 Å². The standard InChI is InChI=1S/C10H11BrN4O/c1-6(2)15-5-12-4-8(15)9-13-3-7(11)10(16)14-9/h3-6H,1-2H3,(H,13,14,16). The number of halogens is 1. The Morgan fingerprint density at radius 1 is 1.44 bits per heavy atom. The van der Waals surface area contributed by atoms with Crippen LogP contribution in [0.25, 0.3) is 11.5 Å². The van der Waals surface area contributed by atoms with Gasteiger partial charge in [0.2, 0.25) is 0 Å². The van der Waals surface area contributed by atoms with Gasteiger partial charge in [0.1, 0.15) is 10.2 Å². The first-order chi connectivity index (χ1) is 7.59. The van der Waals surface area contributed by atoms with Crippen molar-refractivity contribution in [3.63, 3.8) is 0 Å². The first-order valence-electron chi connectivity index (χ1n) is 4.86. The molecule has 2 rings (SSSR count). The fourth-order valence-corrected chi connectivity index (χ4v) is 1.61. The summed E-state index contributed by atoms with van der Waals surface area (Å²) in [5, 5.41) is 0. The van der Waals surface area contributed by atoms with Crippen LogP contribution in [0.3, 0.4) is 0 Å². The quantitative estimate of drug-likeness (QED) is 0.916. The summed E-state index contributed by atoms with van der Waals surface area (Å²) in [5.41, 5.74) is 0.612. The Morgan fingerprint density at radius 3 is 2.81 bits per heavy atom. The van der Waals surface area contributed by atoms with Crippen LogP contribution < -0.4 is 5.56 Å². The van der Waals surface area contributed by atoms with E-state index in [-0.39, 0.29) is 11.6 Å². The second-order valence-corrected chi connectivity index (χ2v) is 4.54. The molecule has 0 aliphatic heterocycles. The van der Waals surface area contributed by atoms with Crippen LogP contribution in [0.5, 0.6) is 0 Å². The molecule has 1 N–H and O–H groups in total. The highest BCUT2D eigenvalue weighted by atomic mass is 79.9. The van der Waals surface area contributed by atoms with Crippen LogP contribution in [0.15, 0.2) is 28.0 Å². The van der Waals surface area contributed by atoms with Gasteiger partial charge in [0.05, 0.1) is 12.5 Å². The largest absolute Gasteiger partial charge is 0.326 e. The molecule has 0 saturated carbocycles. The van der Waals surface area contributed by atoms with Gasteiger partial charge in [0, 0.05) is 12.2 Å². The molecule has 0 saturated heterocycles. The molecule has 2 aromatic rings. The maximum absolute atomic E-state index is 11.4. The number of hydrogen-bond acceptors (Lipinski definition) is 3. The molecule has 6 heteroatoms. The highest BCUT2D eigenvalue weighted by molar-refractivity contribution is 9.10. The lowest BCUT2D eigenvalue weighted by molar-refractivity contribution is 0.603. The first-order valence-corrected chi connectivity index (χ1v) is 5.66. The molecule has 0 fully saturated rings. The van der Waals surface area contributed by atoms with Crippen molar-refractivity contribution in [3.05, 3.63) is 33.5 Å². The van der Waals surface area contributed by atoms with Crippen molar-refractivity contribution >= 4 is 15.9 Å². The van der Waals surface area contributed by atoms with Crippen LogP contribution >= 0.6 is 15.9 Å².